The van der Waals surface area contributed by atoms with E-state index in [9.17, 15) is 0 Å². The molecule has 13 rings (SSSR count). The summed E-state index contributed by atoms with van der Waals surface area (Å²) in [5.41, 5.74) is 31.2. The first-order valence-corrected chi connectivity index (χ1v) is 35.0. The number of hydrogen-bond donors (Lipinski definition) is 0. The fourth-order valence-electron chi connectivity index (χ4n) is 15.0. The van der Waals surface area contributed by atoms with Gasteiger partial charge in [-0.2, -0.15) is 0 Å². The summed E-state index contributed by atoms with van der Waals surface area (Å²) in [6, 6.07) is 83.3. The molecule has 0 aromatic heterocycles. The Hall–Kier alpha value is -8.54. The predicted molar refractivity (Wildman–Crippen MR) is 413 cm³/mol. The molecule has 0 N–H and O–H groups in total. The van der Waals surface area contributed by atoms with Crippen molar-refractivity contribution in [2.24, 2.45) is 5.41 Å². The fourth-order valence-corrected chi connectivity index (χ4v) is 15.0. The van der Waals surface area contributed by atoms with Gasteiger partial charge in [0.1, 0.15) is 0 Å². The molecule has 0 saturated carbocycles. The van der Waals surface area contributed by atoms with Gasteiger partial charge < -0.3 is 19.6 Å². The largest absolute Gasteiger partial charge is 0.338 e. The van der Waals surface area contributed by atoms with Gasteiger partial charge in [0.2, 0.25) is 0 Å². The molecule has 0 radical (unpaired) electrons. The van der Waals surface area contributed by atoms with Crippen LogP contribution in [0.3, 0.4) is 0 Å². The maximum atomic E-state index is 2.75. The molecule has 0 bridgehead atoms. The lowest BCUT2D eigenvalue weighted by Crippen LogP contribution is -2.62. The molecule has 0 saturated heterocycles. The summed E-state index contributed by atoms with van der Waals surface area (Å²) in [4.78, 5) is 10.4. The maximum absolute atomic E-state index is 2.75. The van der Waals surface area contributed by atoms with Gasteiger partial charge in [0, 0.05) is 63.4 Å². The summed E-state index contributed by atoms with van der Waals surface area (Å²) in [7, 11) is 0. The molecule has 2 heterocycles. The third-order valence-electron chi connectivity index (χ3n) is 20.6. The van der Waals surface area contributed by atoms with Crippen molar-refractivity contribution in [2.45, 2.75) is 190 Å². The van der Waals surface area contributed by atoms with Crippen molar-refractivity contribution in [3.63, 3.8) is 0 Å². The number of fused-ring (bicyclic) bond motifs is 5. The van der Waals surface area contributed by atoms with E-state index in [1.54, 1.807) is 0 Å². The van der Waals surface area contributed by atoms with Crippen LogP contribution in [0.5, 0.6) is 0 Å². The molecule has 2 aliphatic heterocycles. The van der Waals surface area contributed by atoms with Crippen molar-refractivity contribution in [2.75, 3.05) is 19.6 Å². The third kappa shape index (κ3) is 12.6. The van der Waals surface area contributed by atoms with Crippen LogP contribution < -0.4 is 36.0 Å². The van der Waals surface area contributed by atoms with Crippen LogP contribution in [-0.4, -0.2) is 6.71 Å². The van der Waals surface area contributed by atoms with E-state index in [0.29, 0.717) is 6.54 Å². The van der Waals surface area contributed by atoms with Crippen LogP contribution in [0.4, 0.5) is 62.6 Å². The van der Waals surface area contributed by atoms with Gasteiger partial charge in [0.25, 0.3) is 6.71 Å². The lowest BCUT2D eigenvalue weighted by molar-refractivity contribution is 0.392. The Morgan fingerprint density at radius 2 is 0.768 bits per heavy atom. The van der Waals surface area contributed by atoms with Crippen molar-refractivity contribution in [1.82, 2.24) is 0 Å². The van der Waals surface area contributed by atoms with E-state index in [-0.39, 0.29) is 44.6 Å². The summed E-state index contributed by atoms with van der Waals surface area (Å²) in [5.74, 6) is 0. The molecular formula is C90H101BN4. The molecule has 484 valence electrons. The van der Waals surface area contributed by atoms with Gasteiger partial charge in [-0.1, -0.05) is 254 Å². The molecular weight excluding hydrogens is 1150 g/mol. The molecule has 0 atom stereocenters. The Labute approximate surface area is 571 Å². The highest BCUT2D eigenvalue weighted by Gasteiger charge is 2.46. The van der Waals surface area contributed by atoms with Gasteiger partial charge in [-0.3, -0.25) is 0 Å². The van der Waals surface area contributed by atoms with E-state index in [0.717, 1.165) is 52.7 Å². The van der Waals surface area contributed by atoms with Gasteiger partial charge >= 0.3 is 0 Å². The van der Waals surface area contributed by atoms with Crippen molar-refractivity contribution < 1.29 is 0 Å². The van der Waals surface area contributed by atoms with Gasteiger partial charge in [-0.05, 0) is 225 Å². The van der Waals surface area contributed by atoms with Gasteiger partial charge in [0.05, 0.1) is 5.69 Å². The Morgan fingerprint density at radius 3 is 1.25 bits per heavy atom. The lowest BCUT2D eigenvalue weighted by atomic mass is 9.33. The van der Waals surface area contributed by atoms with Crippen LogP contribution in [0, 0.1) is 5.41 Å². The van der Waals surface area contributed by atoms with E-state index >= 15 is 0 Å². The zero-order valence-corrected chi connectivity index (χ0v) is 60.7. The minimum absolute atomic E-state index is 0.00366. The number of nitrogens with zero attached hydrogens (tertiary/aromatic N) is 4. The van der Waals surface area contributed by atoms with Crippen LogP contribution in [0.1, 0.15) is 189 Å². The topological polar surface area (TPSA) is 13.0 Å². The lowest BCUT2D eigenvalue weighted by Gasteiger charge is -2.46. The molecule has 3 aliphatic rings. The van der Waals surface area contributed by atoms with Crippen molar-refractivity contribution in [1.29, 1.82) is 0 Å². The highest BCUT2D eigenvalue weighted by Crippen LogP contribution is 2.51. The summed E-state index contributed by atoms with van der Waals surface area (Å²) in [6.07, 6.45) is 2.06. The van der Waals surface area contributed by atoms with Crippen molar-refractivity contribution >= 4 is 85.7 Å². The van der Waals surface area contributed by atoms with E-state index in [1.807, 2.05) is 0 Å². The van der Waals surface area contributed by atoms with E-state index in [2.05, 4.69) is 370 Å². The minimum atomic E-state index is -0.137. The highest BCUT2D eigenvalue weighted by atomic mass is 15.2. The monoisotopic (exact) mass is 1250 g/mol. The Kier molecular flexibility index (Phi) is 16.0. The Balaban J connectivity index is 1.15. The molecule has 0 spiro atoms. The van der Waals surface area contributed by atoms with Crippen molar-refractivity contribution in [3.05, 3.63) is 262 Å². The zero-order valence-electron chi connectivity index (χ0n) is 60.7. The second-order valence-electron chi connectivity index (χ2n) is 34.8. The summed E-state index contributed by atoms with van der Waals surface area (Å²) in [6.45, 7) is 47.2. The van der Waals surface area contributed by atoms with Crippen LogP contribution in [0.25, 0.3) is 11.1 Å². The molecule has 0 amide bonds. The van der Waals surface area contributed by atoms with Crippen LogP contribution >= 0.6 is 0 Å². The fraction of sp³-hybridized carbons (Fsp3) is 0.333. The Bertz CT molecular complexity index is 4400. The molecule has 0 fully saturated rings. The first-order valence-electron chi connectivity index (χ1n) is 35.0. The smallest absolute Gasteiger partial charge is 0.252 e. The average molecular weight is 1250 g/mol. The normalized spacial score (nSPS) is 14.5. The second-order valence-corrected chi connectivity index (χ2v) is 34.8. The summed E-state index contributed by atoms with van der Waals surface area (Å²) < 4.78 is 0. The number of hydrogen-bond acceptors (Lipinski definition) is 4. The number of rotatable bonds is 10. The number of benzene rings is 10. The third-order valence-corrected chi connectivity index (χ3v) is 20.6. The van der Waals surface area contributed by atoms with Crippen LogP contribution in [-0.2, 0) is 51.9 Å². The van der Waals surface area contributed by atoms with Crippen molar-refractivity contribution in [3.8, 4) is 11.1 Å². The number of anilines is 11. The molecule has 10 aromatic rings. The van der Waals surface area contributed by atoms with Gasteiger partial charge in [0.15, 0.2) is 0 Å². The first kappa shape index (κ1) is 65.1. The van der Waals surface area contributed by atoms with Crippen LogP contribution in [0.2, 0.25) is 0 Å². The maximum Gasteiger partial charge on any atom is 0.252 e. The molecule has 1 aliphatic carbocycles. The first-order chi connectivity index (χ1) is 44.6. The van der Waals surface area contributed by atoms with Crippen LogP contribution in [0.15, 0.2) is 212 Å². The molecule has 0 unspecified atom stereocenters. The Morgan fingerprint density at radius 1 is 0.347 bits per heavy atom. The molecule has 95 heavy (non-hydrogen) atoms. The SMILES string of the molecule is CC1(C)Cc2cc3c(cc2C1)N(Cc1ccc(C(C)(C)C)cc1-c1ccccc1)c1cc(N(c2ccc(C(C)(C)C)cc2)c2ccc(C(C)(C)C)cc2)cc2c1B3c1cc(N(c3ccc(C(C)(C)C)cc3)c3ccc(C(C)(C)C)cc3)ccc1N2c1cccc(C(C)(C)C)c1. The average Bonchev–Trinajstić information content (AvgIpc) is 1.29. The molecule has 4 nitrogen and oxygen atoms in total. The predicted octanol–water partition coefficient (Wildman–Crippen LogP) is 23.2. The zero-order chi connectivity index (χ0) is 67.7. The van der Waals surface area contributed by atoms with E-state index < -0.39 is 0 Å². The van der Waals surface area contributed by atoms with E-state index in [1.165, 1.54) is 100 Å². The molecule has 5 heteroatoms. The molecule has 10 aromatic carbocycles. The van der Waals surface area contributed by atoms with Gasteiger partial charge in [-0.15, -0.1) is 0 Å². The quantitative estimate of drug-likeness (QED) is 0.127. The summed E-state index contributed by atoms with van der Waals surface area (Å²) in [5, 5.41) is 0. The van der Waals surface area contributed by atoms with E-state index in [4.69, 9.17) is 0 Å². The minimum Gasteiger partial charge on any atom is -0.338 e. The van der Waals surface area contributed by atoms with Gasteiger partial charge in [-0.25, -0.2) is 0 Å². The standard InChI is InChI=1S/C90H101BN4/c1-84(2,3)63-31-39-69(40-32-63)93(70-41-33-64(34-42-70)85(4,5)6)74-47-48-79-78(53-74)91-77-49-61-56-90(19,20)57-62(61)50-80(77)92(58-60-29-30-68(89(16,17)18)52-76(60)59-25-22-21-23-26-59)81-54-75(55-82(83(81)91)95(79)73-28-24-27-67(51-73)88(13,14)15)94(71-43-35-65(36-44-71)86(7,8)9)72-45-37-66(38-46-72)87(10,11)12/h21-55H,56-58H2,1-20H3. The summed E-state index contributed by atoms with van der Waals surface area (Å²) >= 11 is 0. The highest BCUT2D eigenvalue weighted by molar-refractivity contribution is 7.00. The second kappa shape index (κ2) is 23.4.